The van der Waals surface area contributed by atoms with Crippen LogP contribution in [0.1, 0.15) is 24.0 Å². The van der Waals surface area contributed by atoms with E-state index in [1.54, 1.807) is 19.1 Å². The molecule has 0 radical (unpaired) electrons. The Hall–Kier alpha value is -0.910. The molecule has 0 saturated carbocycles. The second kappa shape index (κ2) is 9.15. The molecule has 0 amide bonds. The topological polar surface area (TPSA) is 49.3 Å². The predicted octanol–water partition coefficient (Wildman–Crippen LogP) is 2.10. The van der Waals surface area contributed by atoms with Crippen LogP contribution in [0.15, 0.2) is 18.2 Å². The third kappa shape index (κ3) is 5.30. The minimum atomic E-state index is -0.261. The predicted molar refractivity (Wildman–Crippen MR) is 69.4 cm³/mol. The van der Waals surface area contributed by atoms with Gasteiger partial charge in [-0.3, -0.25) is 4.72 Å². The number of carbonyl (C=O) groups excluding carboxylic acids is 1. The van der Waals surface area contributed by atoms with Gasteiger partial charge in [0.1, 0.15) is 12.1 Å². The van der Waals surface area contributed by atoms with Gasteiger partial charge in [-0.15, -0.1) is 0 Å². The van der Waals surface area contributed by atoms with Crippen LogP contribution in [0.2, 0.25) is 0 Å². The first-order valence-corrected chi connectivity index (χ1v) is 6.35. The van der Waals surface area contributed by atoms with Gasteiger partial charge in [0.05, 0.1) is 0 Å². The fraction of sp³-hybridized carbons (Fsp3) is 0.417. The second-order valence-corrected chi connectivity index (χ2v) is 4.00. The standard InChI is InChI=1S/C11H14FNOS.CH4O/c1-8(7-14)9-3-4-10(6-13-15-2)11(12)5-9;1-2/h3-5,7-8,13H,6H2,1-2H3;2H,1H3. The van der Waals surface area contributed by atoms with E-state index in [-0.39, 0.29) is 11.7 Å². The van der Waals surface area contributed by atoms with E-state index >= 15 is 0 Å². The number of rotatable bonds is 5. The normalized spacial score (nSPS) is 11.4. The highest BCUT2D eigenvalue weighted by Gasteiger charge is 2.07. The zero-order valence-corrected chi connectivity index (χ0v) is 11.1. The summed E-state index contributed by atoms with van der Waals surface area (Å²) in [6, 6.07) is 4.93. The van der Waals surface area contributed by atoms with Gasteiger partial charge in [-0.25, -0.2) is 4.39 Å². The van der Waals surface area contributed by atoms with Gasteiger partial charge in [0.15, 0.2) is 0 Å². The lowest BCUT2D eigenvalue weighted by Crippen LogP contribution is -2.05. The molecule has 1 unspecified atom stereocenters. The molecule has 0 bridgehead atoms. The highest BCUT2D eigenvalue weighted by Crippen LogP contribution is 2.17. The number of aliphatic hydroxyl groups excluding tert-OH is 1. The molecular weight excluding hydrogens is 241 g/mol. The molecule has 0 saturated heterocycles. The summed E-state index contributed by atoms with van der Waals surface area (Å²) in [5.41, 5.74) is 1.33. The molecule has 2 N–H and O–H groups in total. The lowest BCUT2D eigenvalue weighted by Gasteiger charge is -2.07. The summed E-state index contributed by atoms with van der Waals surface area (Å²) in [6.07, 6.45) is 2.70. The van der Waals surface area contributed by atoms with Crippen molar-refractivity contribution in [1.29, 1.82) is 0 Å². The molecule has 17 heavy (non-hydrogen) atoms. The van der Waals surface area contributed by atoms with Gasteiger partial charge in [-0.1, -0.05) is 31.0 Å². The molecule has 1 atom stereocenters. The molecular formula is C12H18FNO2S. The maximum absolute atomic E-state index is 13.5. The summed E-state index contributed by atoms with van der Waals surface area (Å²) in [4.78, 5) is 10.5. The zero-order chi connectivity index (χ0) is 13.3. The Bertz CT molecular complexity index is 347. The highest BCUT2D eigenvalue weighted by molar-refractivity contribution is 7.96. The van der Waals surface area contributed by atoms with E-state index in [0.717, 1.165) is 19.0 Å². The van der Waals surface area contributed by atoms with Crippen molar-refractivity contribution in [3.05, 3.63) is 35.1 Å². The van der Waals surface area contributed by atoms with Gasteiger partial charge in [-0.2, -0.15) is 0 Å². The fourth-order valence-electron chi connectivity index (χ4n) is 1.22. The Morgan fingerprint density at radius 1 is 1.53 bits per heavy atom. The van der Waals surface area contributed by atoms with E-state index in [1.807, 2.05) is 6.26 Å². The van der Waals surface area contributed by atoms with Crippen molar-refractivity contribution >= 4 is 18.2 Å². The average molecular weight is 259 g/mol. The Morgan fingerprint density at radius 2 is 2.18 bits per heavy atom. The Balaban J connectivity index is 0.00000121. The van der Waals surface area contributed by atoms with Crippen molar-refractivity contribution in [2.45, 2.75) is 19.4 Å². The average Bonchev–Trinajstić information content (AvgIpc) is 2.38. The smallest absolute Gasteiger partial charge is 0.128 e. The summed E-state index contributed by atoms with van der Waals surface area (Å²) >= 11 is 1.45. The monoisotopic (exact) mass is 259 g/mol. The summed E-state index contributed by atoms with van der Waals surface area (Å²) in [5, 5.41) is 7.00. The number of nitrogens with one attached hydrogen (secondary N) is 1. The van der Waals surface area contributed by atoms with E-state index < -0.39 is 0 Å². The molecule has 0 aromatic heterocycles. The quantitative estimate of drug-likeness (QED) is 0.628. The number of carbonyl (C=O) groups is 1. The fourth-order valence-corrected chi connectivity index (χ4v) is 1.52. The number of hydrogen-bond donors (Lipinski definition) is 2. The van der Waals surface area contributed by atoms with E-state index in [9.17, 15) is 9.18 Å². The first-order valence-electron chi connectivity index (χ1n) is 5.13. The van der Waals surface area contributed by atoms with Gasteiger partial charge in [0.2, 0.25) is 0 Å². The van der Waals surface area contributed by atoms with Crippen LogP contribution >= 0.6 is 11.9 Å². The Labute approximate surface area is 106 Å². The van der Waals surface area contributed by atoms with Crippen molar-refractivity contribution in [1.82, 2.24) is 4.72 Å². The summed E-state index contributed by atoms with van der Waals surface area (Å²) < 4.78 is 16.5. The van der Waals surface area contributed by atoms with E-state index in [0.29, 0.717) is 12.1 Å². The largest absolute Gasteiger partial charge is 0.400 e. The molecule has 0 heterocycles. The van der Waals surface area contributed by atoms with Crippen molar-refractivity contribution in [2.24, 2.45) is 0 Å². The van der Waals surface area contributed by atoms with Crippen LogP contribution in [0.3, 0.4) is 0 Å². The van der Waals surface area contributed by atoms with Crippen molar-refractivity contribution in [3.63, 3.8) is 0 Å². The molecule has 0 spiro atoms. The number of halogens is 1. The van der Waals surface area contributed by atoms with Crippen LogP contribution in [-0.2, 0) is 11.3 Å². The molecule has 1 aromatic carbocycles. The molecule has 3 nitrogen and oxygen atoms in total. The SMILES string of the molecule is CO.CSNCc1ccc(C(C)C=O)cc1F. The van der Waals surface area contributed by atoms with E-state index in [4.69, 9.17) is 5.11 Å². The first kappa shape index (κ1) is 16.1. The van der Waals surface area contributed by atoms with Gasteiger partial charge in [0, 0.05) is 25.1 Å². The van der Waals surface area contributed by atoms with E-state index in [2.05, 4.69) is 4.72 Å². The Kier molecular flexibility index (Phi) is 8.66. The molecule has 0 fully saturated rings. The summed E-state index contributed by atoms with van der Waals surface area (Å²) in [5.74, 6) is -0.509. The number of hydrogen-bond acceptors (Lipinski definition) is 4. The van der Waals surface area contributed by atoms with Crippen LogP contribution in [0.25, 0.3) is 0 Å². The summed E-state index contributed by atoms with van der Waals surface area (Å²) in [6.45, 7) is 2.24. The van der Waals surface area contributed by atoms with Crippen LogP contribution in [-0.4, -0.2) is 24.8 Å². The number of aldehydes is 1. The molecule has 0 aliphatic rings. The van der Waals surface area contributed by atoms with Gasteiger partial charge in [-0.05, 0) is 17.9 Å². The number of benzene rings is 1. The lowest BCUT2D eigenvalue weighted by molar-refractivity contribution is -0.108. The minimum absolute atomic E-state index is 0.248. The third-order valence-electron chi connectivity index (χ3n) is 2.21. The van der Waals surface area contributed by atoms with Gasteiger partial charge in [0.25, 0.3) is 0 Å². The zero-order valence-electron chi connectivity index (χ0n) is 10.2. The molecule has 96 valence electrons. The lowest BCUT2D eigenvalue weighted by atomic mass is 10.0. The van der Waals surface area contributed by atoms with Crippen LogP contribution in [0, 0.1) is 5.82 Å². The molecule has 1 rings (SSSR count). The maximum Gasteiger partial charge on any atom is 0.128 e. The molecule has 5 heteroatoms. The van der Waals surface area contributed by atoms with E-state index in [1.165, 1.54) is 18.0 Å². The molecule has 0 aliphatic carbocycles. The second-order valence-electron chi connectivity index (χ2n) is 3.30. The van der Waals surface area contributed by atoms with Crippen LogP contribution < -0.4 is 4.72 Å². The minimum Gasteiger partial charge on any atom is -0.400 e. The highest BCUT2D eigenvalue weighted by atomic mass is 32.2. The van der Waals surface area contributed by atoms with Crippen LogP contribution in [0.4, 0.5) is 4.39 Å². The summed E-state index contributed by atoms with van der Waals surface area (Å²) in [7, 11) is 1.00. The third-order valence-corrected chi connectivity index (χ3v) is 2.65. The van der Waals surface area contributed by atoms with Crippen molar-refractivity contribution in [3.8, 4) is 0 Å². The van der Waals surface area contributed by atoms with Crippen LogP contribution in [0.5, 0.6) is 0 Å². The molecule has 1 aromatic rings. The van der Waals surface area contributed by atoms with Gasteiger partial charge < -0.3 is 9.90 Å². The molecule has 0 aliphatic heterocycles. The number of aliphatic hydroxyl groups is 1. The van der Waals surface area contributed by atoms with Crippen molar-refractivity contribution < 1.29 is 14.3 Å². The first-order chi connectivity index (χ1) is 8.19. The maximum atomic E-state index is 13.5. The van der Waals surface area contributed by atoms with Gasteiger partial charge >= 0.3 is 0 Å². The Morgan fingerprint density at radius 3 is 2.65 bits per heavy atom. The van der Waals surface area contributed by atoms with Crippen molar-refractivity contribution in [2.75, 3.05) is 13.4 Å².